The molecule has 1 aliphatic rings. The zero-order chi connectivity index (χ0) is 15.1. The summed E-state index contributed by atoms with van der Waals surface area (Å²) in [5, 5.41) is 0. The lowest BCUT2D eigenvalue weighted by molar-refractivity contribution is -0.00525. The lowest BCUT2D eigenvalue weighted by Crippen LogP contribution is -2.19. The van der Waals surface area contributed by atoms with Gasteiger partial charge in [-0.3, -0.25) is 0 Å². The number of rotatable bonds is 5. The van der Waals surface area contributed by atoms with E-state index in [4.69, 9.17) is 4.74 Å². The molecule has 2 unspecified atom stereocenters. The van der Waals surface area contributed by atoms with Gasteiger partial charge in [0.1, 0.15) is 0 Å². The molecule has 0 amide bonds. The number of ether oxygens (including phenoxy) is 1. The molecule has 2 atom stereocenters. The molecule has 0 spiro atoms. The molecule has 0 aromatic heterocycles. The second-order valence-electron chi connectivity index (χ2n) is 5.46. The van der Waals surface area contributed by atoms with Crippen LogP contribution in [0.15, 0.2) is 48.6 Å². The van der Waals surface area contributed by atoms with Crippen LogP contribution in [0.4, 0.5) is 8.78 Å². The van der Waals surface area contributed by atoms with Gasteiger partial charge >= 0.3 is 0 Å². The summed E-state index contributed by atoms with van der Waals surface area (Å²) in [6.45, 7) is 2.81. The highest BCUT2D eigenvalue weighted by molar-refractivity contribution is 5.25. The predicted molar refractivity (Wildman–Crippen MR) is 81.3 cm³/mol. The van der Waals surface area contributed by atoms with Crippen molar-refractivity contribution in [2.45, 2.75) is 38.7 Å². The fourth-order valence-electron chi connectivity index (χ4n) is 2.71. The van der Waals surface area contributed by atoms with Crippen molar-refractivity contribution in [1.29, 1.82) is 0 Å². The molecular formula is C18H22F2O. The summed E-state index contributed by atoms with van der Waals surface area (Å²) >= 11 is 0. The number of benzene rings is 1. The van der Waals surface area contributed by atoms with Crippen molar-refractivity contribution in [2.75, 3.05) is 6.61 Å². The van der Waals surface area contributed by atoms with E-state index in [0.717, 1.165) is 31.1 Å². The summed E-state index contributed by atoms with van der Waals surface area (Å²) in [5.41, 5.74) is 2.27. The Morgan fingerprint density at radius 3 is 2.57 bits per heavy atom. The minimum Gasteiger partial charge on any atom is -0.373 e. The summed E-state index contributed by atoms with van der Waals surface area (Å²) in [7, 11) is 0. The van der Waals surface area contributed by atoms with Crippen molar-refractivity contribution < 1.29 is 13.5 Å². The quantitative estimate of drug-likeness (QED) is 0.656. The van der Waals surface area contributed by atoms with Crippen molar-refractivity contribution in [3.8, 4) is 0 Å². The van der Waals surface area contributed by atoms with Crippen LogP contribution in [0.2, 0.25) is 0 Å². The van der Waals surface area contributed by atoms with Crippen LogP contribution in [0, 0.1) is 5.92 Å². The van der Waals surface area contributed by atoms with Gasteiger partial charge in [-0.2, -0.15) is 8.78 Å². The maximum Gasteiger partial charge on any atom is 0.266 e. The zero-order valence-electron chi connectivity index (χ0n) is 12.4. The first-order chi connectivity index (χ1) is 10.2. The van der Waals surface area contributed by atoms with Gasteiger partial charge in [0.05, 0.1) is 12.7 Å². The lowest BCUT2D eigenvalue weighted by atomic mass is 9.94. The van der Waals surface area contributed by atoms with E-state index >= 15 is 0 Å². The summed E-state index contributed by atoms with van der Waals surface area (Å²) in [5.74, 6) is 0.535. The Bertz CT molecular complexity index is 478. The molecule has 114 valence electrons. The number of aryl methyl sites for hydroxylation is 1. The molecule has 1 saturated heterocycles. The first kappa shape index (κ1) is 15.9. The van der Waals surface area contributed by atoms with E-state index in [2.05, 4.69) is 24.3 Å². The number of allylic oxidation sites excluding steroid dienone is 2. The van der Waals surface area contributed by atoms with Crippen molar-refractivity contribution >= 4 is 0 Å². The van der Waals surface area contributed by atoms with E-state index in [1.807, 2.05) is 19.1 Å². The lowest BCUT2D eigenvalue weighted by Gasteiger charge is -2.27. The van der Waals surface area contributed by atoms with Gasteiger partial charge in [0.2, 0.25) is 0 Å². The first-order valence-corrected chi connectivity index (χ1v) is 7.53. The van der Waals surface area contributed by atoms with Gasteiger partial charge in [0.15, 0.2) is 0 Å². The van der Waals surface area contributed by atoms with Gasteiger partial charge < -0.3 is 4.74 Å². The van der Waals surface area contributed by atoms with E-state index in [0.29, 0.717) is 18.8 Å². The SMILES string of the molecule is CC=CC1CCC(c2ccc(CCC=C(F)F)cc2)OC1. The van der Waals surface area contributed by atoms with Crippen LogP contribution in [0.5, 0.6) is 0 Å². The second kappa shape index (κ2) is 8.08. The molecule has 0 bridgehead atoms. The van der Waals surface area contributed by atoms with Crippen molar-refractivity contribution in [3.63, 3.8) is 0 Å². The van der Waals surface area contributed by atoms with Crippen LogP contribution in [0.1, 0.15) is 43.4 Å². The van der Waals surface area contributed by atoms with Crippen LogP contribution >= 0.6 is 0 Å². The van der Waals surface area contributed by atoms with Gasteiger partial charge in [-0.05, 0) is 49.8 Å². The van der Waals surface area contributed by atoms with Gasteiger partial charge in [-0.1, -0.05) is 36.4 Å². The topological polar surface area (TPSA) is 9.23 Å². The molecular weight excluding hydrogens is 270 g/mol. The van der Waals surface area contributed by atoms with E-state index in [-0.39, 0.29) is 6.10 Å². The molecule has 1 nitrogen and oxygen atoms in total. The molecule has 1 heterocycles. The fourth-order valence-corrected chi connectivity index (χ4v) is 2.71. The average molecular weight is 292 g/mol. The van der Waals surface area contributed by atoms with Gasteiger partial charge in [0.25, 0.3) is 6.08 Å². The molecule has 0 aliphatic carbocycles. The molecule has 0 radical (unpaired) electrons. The summed E-state index contributed by atoms with van der Waals surface area (Å²) in [6, 6.07) is 8.15. The van der Waals surface area contributed by atoms with Gasteiger partial charge in [-0.15, -0.1) is 0 Å². The Labute approximate surface area is 125 Å². The van der Waals surface area contributed by atoms with Crippen LogP contribution in [-0.4, -0.2) is 6.61 Å². The molecule has 2 rings (SSSR count). The third-order valence-electron chi connectivity index (χ3n) is 3.86. The predicted octanol–water partition coefficient (Wildman–Crippen LogP) is 5.44. The zero-order valence-corrected chi connectivity index (χ0v) is 12.4. The molecule has 1 aromatic carbocycles. The van der Waals surface area contributed by atoms with Crippen LogP contribution in [0.3, 0.4) is 0 Å². The Kier molecular flexibility index (Phi) is 6.12. The third-order valence-corrected chi connectivity index (χ3v) is 3.86. The highest BCUT2D eigenvalue weighted by Crippen LogP contribution is 2.31. The molecule has 21 heavy (non-hydrogen) atoms. The molecule has 1 aromatic rings. The first-order valence-electron chi connectivity index (χ1n) is 7.53. The monoisotopic (exact) mass is 292 g/mol. The summed E-state index contributed by atoms with van der Waals surface area (Å²) < 4.78 is 29.9. The van der Waals surface area contributed by atoms with Crippen LogP contribution in [0.25, 0.3) is 0 Å². The smallest absolute Gasteiger partial charge is 0.266 e. The van der Waals surface area contributed by atoms with E-state index in [9.17, 15) is 8.78 Å². The largest absolute Gasteiger partial charge is 0.373 e. The summed E-state index contributed by atoms with van der Waals surface area (Å²) in [4.78, 5) is 0. The van der Waals surface area contributed by atoms with Crippen LogP contribution in [-0.2, 0) is 11.2 Å². The normalized spacial score (nSPS) is 22.4. The van der Waals surface area contributed by atoms with Crippen molar-refractivity contribution in [2.24, 2.45) is 5.92 Å². The molecule has 0 saturated carbocycles. The van der Waals surface area contributed by atoms with Crippen LogP contribution < -0.4 is 0 Å². The standard InChI is InChI=1S/C18H22F2O/c1-2-4-15-9-12-17(21-13-15)16-10-7-14(8-11-16)5-3-6-18(19)20/h2,4,6-8,10-11,15,17H,3,5,9,12-13H2,1H3. The molecule has 3 heteroatoms. The summed E-state index contributed by atoms with van der Waals surface area (Å²) in [6.07, 6.45) is 7.04. The number of halogens is 2. The number of hydrogen-bond acceptors (Lipinski definition) is 1. The second-order valence-corrected chi connectivity index (χ2v) is 5.46. The van der Waals surface area contributed by atoms with E-state index in [1.165, 1.54) is 5.56 Å². The minimum atomic E-state index is -1.60. The molecule has 0 N–H and O–H groups in total. The molecule has 1 aliphatic heterocycles. The van der Waals surface area contributed by atoms with Gasteiger partial charge in [0, 0.05) is 5.92 Å². The van der Waals surface area contributed by atoms with E-state index in [1.54, 1.807) is 0 Å². The molecule has 1 fully saturated rings. The highest BCUT2D eigenvalue weighted by Gasteiger charge is 2.21. The highest BCUT2D eigenvalue weighted by atomic mass is 19.3. The maximum atomic E-state index is 12.0. The Morgan fingerprint density at radius 2 is 2.00 bits per heavy atom. The average Bonchev–Trinajstić information content (AvgIpc) is 2.49. The van der Waals surface area contributed by atoms with Crippen molar-refractivity contribution in [3.05, 3.63) is 59.7 Å². The maximum absolute atomic E-state index is 12.0. The third kappa shape index (κ3) is 5.09. The van der Waals surface area contributed by atoms with Crippen molar-refractivity contribution in [1.82, 2.24) is 0 Å². The Hall–Kier alpha value is -1.48. The number of hydrogen-bond donors (Lipinski definition) is 0. The van der Waals surface area contributed by atoms with Gasteiger partial charge in [-0.25, -0.2) is 0 Å². The minimum absolute atomic E-state index is 0.170. The van der Waals surface area contributed by atoms with E-state index < -0.39 is 6.08 Å². The Balaban J connectivity index is 1.86. The Morgan fingerprint density at radius 1 is 1.24 bits per heavy atom. The fraction of sp³-hybridized carbons (Fsp3) is 0.444.